The monoisotopic (exact) mass is 398 g/mol. The SMILES string of the molecule is CCOc1ccc2[nH]c(=O)c(CN3CCC(C(O)c4cccs4)CC3)cc2c1. The number of thiophene rings is 1. The van der Waals surface area contributed by atoms with E-state index in [0.717, 1.165) is 53.0 Å². The minimum absolute atomic E-state index is 0.0302. The zero-order valence-corrected chi connectivity index (χ0v) is 16.9. The summed E-state index contributed by atoms with van der Waals surface area (Å²) in [5, 5.41) is 13.6. The number of fused-ring (bicyclic) bond motifs is 1. The molecule has 2 aromatic heterocycles. The van der Waals surface area contributed by atoms with Crippen LogP contribution < -0.4 is 10.3 Å². The van der Waals surface area contributed by atoms with Crippen molar-refractivity contribution in [2.45, 2.75) is 32.4 Å². The number of aliphatic hydroxyl groups excluding tert-OH is 1. The Balaban J connectivity index is 1.43. The maximum Gasteiger partial charge on any atom is 0.252 e. The summed E-state index contributed by atoms with van der Waals surface area (Å²) in [4.78, 5) is 18.8. The summed E-state index contributed by atoms with van der Waals surface area (Å²) in [6.07, 6.45) is 1.51. The van der Waals surface area contributed by atoms with Crippen LogP contribution in [-0.2, 0) is 6.54 Å². The molecule has 2 N–H and O–H groups in total. The van der Waals surface area contributed by atoms with E-state index in [-0.39, 0.29) is 11.7 Å². The summed E-state index contributed by atoms with van der Waals surface area (Å²) in [5.41, 5.74) is 1.57. The number of aliphatic hydroxyl groups is 1. The summed E-state index contributed by atoms with van der Waals surface area (Å²) >= 11 is 1.62. The summed E-state index contributed by atoms with van der Waals surface area (Å²) < 4.78 is 5.57. The van der Waals surface area contributed by atoms with Crippen molar-refractivity contribution in [1.29, 1.82) is 0 Å². The number of benzene rings is 1. The van der Waals surface area contributed by atoms with Gasteiger partial charge in [0.15, 0.2) is 0 Å². The smallest absolute Gasteiger partial charge is 0.252 e. The third-order valence-electron chi connectivity index (χ3n) is 5.51. The molecule has 28 heavy (non-hydrogen) atoms. The van der Waals surface area contributed by atoms with E-state index in [9.17, 15) is 9.90 Å². The van der Waals surface area contributed by atoms with Gasteiger partial charge in [0.2, 0.25) is 0 Å². The van der Waals surface area contributed by atoms with Crippen LogP contribution in [-0.4, -0.2) is 34.7 Å². The van der Waals surface area contributed by atoms with Gasteiger partial charge in [-0.25, -0.2) is 0 Å². The Morgan fingerprint density at radius 3 is 2.82 bits per heavy atom. The summed E-state index contributed by atoms with van der Waals surface area (Å²) in [7, 11) is 0. The molecule has 1 atom stereocenters. The van der Waals surface area contributed by atoms with E-state index >= 15 is 0 Å². The van der Waals surface area contributed by atoms with Gasteiger partial charge in [-0.15, -0.1) is 11.3 Å². The number of H-pyrrole nitrogens is 1. The Hall–Kier alpha value is -2.15. The molecule has 5 nitrogen and oxygen atoms in total. The lowest BCUT2D eigenvalue weighted by molar-refractivity contribution is 0.0590. The molecule has 1 unspecified atom stereocenters. The predicted octanol–water partition coefficient (Wildman–Crippen LogP) is 3.93. The fourth-order valence-electron chi connectivity index (χ4n) is 3.96. The quantitative estimate of drug-likeness (QED) is 0.660. The number of hydrogen-bond donors (Lipinski definition) is 2. The summed E-state index contributed by atoms with van der Waals surface area (Å²) in [5.74, 6) is 1.11. The van der Waals surface area contributed by atoms with E-state index in [4.69, 9.17) is 4.74 Å². The molecule has 3 heterocycles. The van der Waals surface area contributed by atoms with Crippen LogP contribution in [0.4, 0.5) is 0 Å². The number of pyridine rings is 1. The second-order valence-electron chi connectivity index (χ2n) is 7.38. The standard InChI is InChI=1S/C22H26N2O3S/c1-2-27-18-5-6-19-16(13-18)12-17(22(26)23-19)14-24-9-7-15(8-10-24)21(25)20-4-3-11-28-20/h3-6,11-13,15,21,25H,2,7-10,14H2,1H3,(H,23,26). The number of nitrogens with zero attached hydrogens (tertiary/aromatic N) is 1. The molecule has 1 fully saturated rings. The van der Waals surface area contributed by atoms with Gasteiger partial charge in [-0.1, -0.05) is 6.07 Å². The van der Waals surface area contributed by atoms with Gasteiger partial charge >= 0.3 is 0 Å². The van der Waals surface area contributed by atoms with E-state index in [1.54, 1.807) is 11.3 Å². The Morgan fingerprint density at radius 1 is 1.29 bits per heavy atom. The molecule has 0 radical (unpaired) electrons. The number of hydrogen-bond acceptors (Lipinski definition) is 5. The highest BCUT2D eigenvalue weighted by molar-refractivity contribution is 7.10. The highest BCUT2D eigenvalue weighted by Crippen LogP contribution is 2.33. The van der Waals surface area contributed by atoms with Gasteiger partial charge in [0.05, 0.1) is 12.7 Å². The number of nitrogens with one attached hydrogen (secondary N) is 1. The number of piperidine rings is 1. The lowest BCUT2D eigenvalue weighted by Crippen LogP contribution is -2.36. The van der Waals surface area contributed by atoms with Crippen LogP contribution in [0, 0.1) is 5.92 Å². The Morgan fingerprint density at radius 2 is 2.11 bits per heavy atom. The molecule has 4 rings (SSSR count). The van der Waals surface area contributed by atoms with Crippen LogP contribution in [0.1, 0.15) is 36.3 Å². The molecule has 0 saturated carbocycles. The van der Waals surface area contributed by atoms with Crippen molar-refractivity contribution in [2.24, 2.45) is 5.92 Å². The molecule has 0 amide bonds. The average molecular weight is 399 g/mol. The molecular weight excluding hydrogens is 372 g/mol. The fourth-order valence-corrected chi connectivity index (χ4v) is 4.77. The van der Waals surface area contributed by atoms with Gasteiger partial charge in [-0.3, -0.25) is 9.69 Å². The molecule has 1 aromatic carbocycles. The van der Waals surface area contributed by atoms with E-state index in [2.05, 4.69) is 9.88 Å². The number of aromatic amines is 1. The maximum atomic E-state index is 12.5. The van der Waals surface area contributed by atoms with Crippen molar-refractivity contribution < 1.29 is 9.84 Å². The number of aromatic nitrogens is 1. The first-order valence-corrected chi connectivity index (χ1v) is 10.7. The number of likely N-dealkylation sites (tertiary alicyclic amines) is 1. The Labute approximate surface area is 168 Å². The van der Waals surface area contributed by atoms with Gasteiger partial charge < -0.3 is 14.8 Å². The van der Waals surface area contributed by atoms with Crippen LogP contribution >= 0.6 is 11.3 Å². The van der Waals surface area contributed by atoms with Crippen molar-refractivity contribution in [1.82, 2.24) is 9.88 Å². The highest BCUT2D eigenvalue weighted by Gasteiger charge is 2.27. The highest BCUT2D eigenvalue weighted by atomic mass is 32.1. The van der Waals surface area contributed by atoms with Crippen molar-refractivity contribution >= 4 is 22.2 Å². The number of ether oxygens (including phenoxy) is 1. The molecular formula is C22H26N2O3S. The molecule has 148 valence electrons. The third-order valence-corrected chi connectivity index (χ3v) is 6.45. The zero-order valence-electron chi connectivity index (χ0n) is 16.1. The zero-order chi connectivity index (χ0) is 19.5. The third kappa shape index (κ3) is 4.14. The number of rotatable bonds is 6. The molecule has 1 saturated heterocycles. The fraction of sp³-hybridized carbons (Fsp3) is 0.409. The first-order valence-electron chi connectivity index (χ1n) is 9.86. The van der Waals surface area contributed by atoms with E-state index < -0.39 is 0 Å². The molecule has 6 heteroatoms. The van der Waals surface area contributed by atoms with E-state index in [0.29, 0.717) is 19.1 Å². The van der Waals surface area contributed by atoms with E-state index in [1.807, 2.05) is 48.7 Å². The normalized spacial score (nSPS) is 17.1. The lowest BCUT2D eigenvalue weighted by Gasteiger charge is -2.33. The van der Waals surface area contributed by atoms with Crippen molar-refractivity contribution in [3.63, 3.8) is 0 Å². The van der Waals surface area contributed by atoms with Crippen LogP contribution in [0.5, 0.6) is 5.75 Å². The van der Waals surface area contributed by atoms with Crippen LogP contribution in [0.15, 0.2) is 46.6 Å². The summed E-state index contributed by atoms with van der Waals surface area (Å²) in [6, 6.07) is 11.7. The molecule has 0 bridgehead atoms. The van der Waals surface area contributed by atoms with Crippen molar-refractivity contribution in [2.75, 3.05) is 19.7 Å². The van der Waals surface area contributed by atoms with Crippen LogP contribution in [0.3, 0.4) is 0 Å². The van der Waals surface area contributed by atoms with Gasteiger partial charge in [0.25, 0.3) is 5.56 Å². The van der Waals surface area contributed by atoms with E-state index in [1.165, 1.54) is 0 Å². The Kier molecular flexibility index (Phi) is 5.80. The van der Waals surface area contributed by atoms with Crippen molar-refractivity contribution in [3.05, 3.63) is 62.6 Å². The minimum atomic E-state index is -0.372. The van der Waals surface area contributed by atoms with Gasteiger partial charge in [-0.05, 0) is 74.5 Å². The molecule has 1 aliphatic rings. The van der Waals surface area contributed by atoms with Gasteiger partial charge in [0, 0.05) is 27.9 Å². The van der Waals surface area contributed by atoms with Gasteiger partial charge in [0.1, 0.15) is 5.75 Å². The maximum absolute atomic E-state index is 12.5. The average Bonchev–Trinajstić information content (AvgIpc) is 3.24. The molecule has 3 aromatic rings. The molecule has 1 aliphatic heterocycles. The topological polar surface area (TPSA) is 65.6 Å². The van der Waals surface area contributed by atoms with Crippen LogP contribution in [0.25, 0.3) is 10.9 Å². The first kappa shape index (κ1) is 19.2. The Bertz CT molecular complexity index is 975. The molecule has 0 aliphatic carbocycles. The first-order chi connectivity index (χ1) is 13.6. The summed E-state index contributed by atoms with van der Waals surface area (Å²) in [6.45, 7) is 4.99. The van der Waals surface area contributed by atoms with Gasteiger partial charge in [-0.2, -0.15) is 0 Å². The minimum Gasteiger partial charge on any atom is -0.494 e. The molecule has 0 spiro atoms. The lowest BCUT2D eigenvalue weighted by atomic mass is 9.90. The van der Waals surface area contributed by atoms with Crippen molar-refractivity contribution in [3.8, 4) is 5.75 Å². The van der Waals surface area contributed by atoms with Crippen LogP contribution in [0.2, 0.25) is 0 Å². The second-order valence-corrected chi connectivity index (χ2v) is 8.36. The predicted molar refractivity (Wildman–Crippen MR) is 113 cm³/mol. The second kappa shape index (κ2) is 8.47. The largest absolute Gasteiger partial charge is 0.494 e.